The predicted molar refractivity (Wildman–Crippen MR) is 96.6 cm³/mol. The van der Waals surface area contributed by atoms with Crippen LogP contribution in [0.1, 0.15) is 13.8 Å². The van der Waals surface area contributed by atoms with Crippen molar-refractivity contribution in [1.82, 2.24) is 5.32 Å². The zero-order valence-corrected chi connectivity index (χ0v) is 14.9. The molecule has 5 nitrogen and oxygen atoms in total. The first-order chi connectivity index (χ1) is 12.0. The van der Waals surface area contributed by atoms with Crippen LogP contribution in [0.5, 0.6) is 5.75 Å². The van der Waals surface area contributed by atoms with E-state index in [1.54, 1.807) is 12.1 Å². The van der Waals surface area contributed by atoms with Gasteiger partial charge in [-0.25, -0.2) is 4.79 Å². The molecule has 0 heterocycles. The molecule has 0 atom stereocenters. The molecule has 2 aromatic rings. The number of hydrogen-bond acceptors (Lipinski definition) is 4. The first-order valence-corrected chi connectivity index (χ1v) is 8.26. The van der Waals surface area contributed by atoms with Crippen molar-refractivity contribution in [3.63, 3.8) is 0 Å². The quantitative estimate of drug-likeness (QED) is 0.767. The molecule has 2 rings (SSSR count). The van der Waals surface area contributed by atoms with Crippen LogP contribution < -0.4 is 10.1 Å². The molecule has 0 aliphatic carbocycles. The van der Waals surface area contributed by atoms with Gasteiger partial charge in [-0.05, 0) is 37.1 Å². The van der Waals surface area contributed by atoms with Crippen LogP contribution in [-0.4, -0.2) is 31.1 Å². The fourth-order valence-electron chi connectivity index (χ4n) is 2.12. The Morgan fingerprint density at radius 3 is 2.40 bits per heavy atom. The normalized spacial score (nSPS) is 10.4. The van der Waals surface area contributed by atoms with E-state index in [2.05, 4.69) is 5.32 Å². The Bertz CT molecular complexity index is 731. The lowest BCUT2D eigenvalue weighted by molar-refractivity contribution is -0.150. The van der Waals surface area contributed by atoms with Gasteiger partial charge < -0.3 is 14.8 Å². The van der Waals surface area contributed by atoms with Gasteiger partial charge in [0.05, 0.1) is 5.02 Å². The number of ether oxygens (including phenoxy) is 2. The Kier molecular flexibility index (Phi) is 6.83. The van der Waals surface area contributed by atoms with Crippen LogP contribution in [0.2, 0.25) is 5.02 Å². The van der Waals surface area contributed by atoms with Gasteiger partial charge in [0.2, 0.25) is 0 Å². The predicted octanol–water partition coefficient (Wildman–Crippen LogP) is 3.45. The zero-order valence-electron chi connectivity index (χ0n) is 14.1. The smallest absolute Gasteiger partial charge is 0.344 e. The van der Waals surface area contributed by atoms with Crippen LogP contribution in [0.3, 0.4) is 0 Å². The summed E-state index contributed by atoms with van der Waals surface area (Å²) in [7, 11) is 0. The van der Waals surface area contributed by atoms with E-state index in [9.17, 15) is 9.59 Å². The van der Waals surface area contributed by atoms with Crippen molar-refractivity contribution in [2.24, 2.45) is 0 Å². The molecule has 2 aromatic carbocycles. The molecule has 0 spiro atoms. The maximum Gasteiger partial charge on any atom is 0.344 e. The summed E-state index contributed by atoms with van der Waals surface area (Å²) >= 11 is 6.21. The van der Waals surface area contributed by atoms with Gasteiger partial charge in [-0.3, -0.25) is 4.79 Å². The average Bonchev–Trinajstić information content (AvgIpc) is 2.59. The molecule has 0 unspecified atom stereocenters. The third-order valence-corrected chi connectivity index (χ3v) is 3.49. The summed E-state index contributed by atoms with van der Waals surface area (Å²) in [4.78, 5) is 23.0. The Labute approximate surface area is 151 Å². The first kappa shape index (κ1) is 18.8. The molecule has 0 saturated heterocycles. The van der Waals surface area contributed by atoms with Gasteiger partial charge in [0.15, 0.2) is 13.2 Å². The van der Waals surface area contributed by atoms with Crippen molar-refractivity contribution in [1.29, 1.82) is 0 Å². The van der Waals surface area contributed by atoms with Gasteiger partial charge >= 0.3 is 5.97 Å². The zero-order chi connectivity index (χ0) is 18.2. The van der Waals surface area contributed by atoms with E-state index < -0.39 is 5.97 Å². The Balaban J connectivity index is 1.86. The molecule has 0 aliphatic heterocycles. The maximum absolute atomic E-state index is 11.6. The summed E-state index contributed by atoms with van der Waals surface area (Å²) in [6.07, 6.45) is 0. The Morgan fingerprint density at radius 2 is 1.76 bits per heavy atom. The summed E-state index contributed by atoms with van der Waals surface area (Å²) in [5.41, 5.74) is 1.98. The summed E-state index contributed by atoms with van der Waals surface area (Å²) < 4.78 is 10.2. The minimum atomic E-state index is -0.637. The van der Waals surface area contributed by atoms with E-state index in [-0.39, 0.29) is 25.2 Å². The van der Waals surface area contributed by atoms with Crippen LogP contribution in [0, 0.1) is 0 Å². The van der Waals surface area contributed by atoms with Crippen molar-refractivity contribution in [2.75, 3.05) is 13.2 Å². The maximum atomic E-state index is 11.6. The molecule has 0 saturated carbocycles. The number of carbonyl (C=O) groups excluding carboxylic acids is 2. The van der Waals surface area contributed by atoms with Gasteiger partial charge in [-0.2, -0.15) is 0 Å². The lowest BCUT2D eigenvalue weighted by atomic mass is 10.1. The second-order valence-corrected chi connectivity index (χ2v) is 6.09. The molecule has 1 N–H and O–H groups in total. The molecule has 0 fully saturated rings. The summed E-state index contributed by atoms with van der Waals surface area (Å²) in [6.45, 7) is 2.99. The van der Waals surface area contributed by atoms with E-state index in [0.717, 1.165) is 11.1 Å². The van der Waals surface area contributed by atoms with E-state index in [0.29, 0.717) is 10.8 Å². The minimum Gasteiger partial charge on any atom is -0.480 e. The van der Waals surface area contributed by atoms with Crippen molar-refractivity contribution < 1.29 is 19.1 Å². The van der Waals surface area contributed by atoms with Gasteiger partial charge in [0.1, 0.15) is 5.75 Å². The average molecular weight is 362 g/mol. The third kappa shape index (κ3) is 6.12. The molecule has 1 amide bonds. The number of halogens is 1. The Morgan fingerprint density at radius 1 is 1.04 bits per heavy atom. The lowest BCUT2D eigenvalue weighted by Gasteiger charge is -2.11. The monoisotopic (exact) mass is 361 g/mol. The highest BCUT2D eigenvalue weighted by Gasteiger charge is 2.11. The number of esters is 1. The topological polar surface area (TPSA) is 64.6 Å². The molecule has 132 valence electrons. The van der Waals surface area contributed by atoms with Crippen molar-refractivity contribution in [3.8, 4) is 16.9 Å². The fraction of sp³-hybridized carbons (Fsp3) is 0.263. The van der Waals surface area contributed by atoms with Crippen LogP contribution in [0.15, 0.2) is 48.5 Å². The standard InChI is InChI=1S/C19H20ClNO4/c1-13(2)21-18(22)11-25-19(23)12-24-17-9-8-15(10-16(17)20)14-6-4-3-5-7-14/h3-10,13H,11-12H2,1-2H3,(H,21,22). The summed E-state index contributed by atoms with van der Waals surface area (Å²) in [6, 6.07) is 15.1. The molecule has 0 radical (unpaired) electrons. The molecule has 0 bridgehead atoms. The highest BCUT2D eigenvalue weighted by molar-refractivity contribution is 6.32. The van der Waals surface area contributed by atoms with E-state index >= 15 is 0 Å². The SMILES string of the molecule is CC(C)NC(=O)COC(=O)COc1ccc(-c2ccccc2)cc1Cl. The minimum absolute atomic E-state index is 0.00983. The lowest BCUT2D eigenvalue weighted by Crippen LogP contribution is -2.34. The third-order valence-electron chi connectivity index (χ3n) is 3.20. The molecular formula is C19H20ClNO4. The number of nitrogens with one attached hydrogen (secondary N) is 1. The largest absolute Gasteiger partial charge is 0.480 e. The van der Waals surface area contributed by atoms with Crippen LogP contribution in [-0.2, 0) is 14.3 Å². The number of carbonyl (C=O) groups is 2. The molecule has 0 aliphatic rings. The summed E-state index contributed by atoms with van der Waals surface area (Å²) in [5, 5.41) is 3.02. The first-order valence-electron chi connectivity index (χ1n) is 7.88. The molecular weight excluding hydrogens is 342 g/mol. The highest BCUT2D eigenvalue weighted by Crippen LogP contribution is 2.30. The molecule has 0 aromatic heterocycles. The number of amides is 1. The second-order valence-electron chi connectivity index (χ2n) is 5.68. The van der Waals surface area contributed by atoms with Crippen molar-refractivity contribution >= 4 is 23.5 Å². The van der Waals surface area contributed by atoms with Gasteiger partial charge in [-0.15, -0.1) is 0 Å². The fourth-order valence-corrected chi connectivity index (χ4v) is 2.35. The van der Waals surface area contributed by atoms with Crippen LogP contribution in [0.25, 0.3) is 11.1 Å². The van der Waals surface area contributed by atoms with Crippen LogP contribution in [0.4, 0.5) is 0 Å². The van der Waals surface area contributed by atoms with E-state index in [4.69, 9.17) is 21.1 Å². The number of hydrogen-bond donors (Lipinski definition) is 1. The van der Waals surface area contributed by atoms with E-state index in [1.807, 2.05) is 50.2 Å². The molecule has 6 heteroatoms. The van der Waals surface area contributed by atoms with Crippen LogP contribution >= 0.6 is 11.6 Å². The van der Waals surface area contributed by atoms with E-state index in [1.165, 1.54) is 0 Å². The number of benzene rings is 2. The van der Waals surface area contributed by atoms with Gasteiger partial charge in [-0.1, -0.05) is 48.0 Å². The van der Waals surface area contributed by atoms with Crippen molar-refractivity contribution in [2.45, 2.75) is 19.9 Å². The highest BCUT2D eigenvalue weighted by atomic mass is 35.5. The van der Waals surface area contributed by atoms with Gasteiger partial charge in [0.25, 0.3) is 5.91 Å². The van der Waals surface area contributed by atoms with Crippen molar-refractivity contribution in [3.05, 3.63) is 53.6 Å². The Hall–Kier alpha value is -2.53. The molecule has 25 heavy (non-hydrogen) atoms. The van der Waals surface area contributed by atoms with Gasteiger partial charge in [0, 0.05) is 6.04 Å². The number of rotatable bonds is 7. The summed E-state index contributed by atoms with van der Waals surface area (Å²) in [5.74, 6) is -0.611. The second kappa shape index (κ2) is 9.08.